The third-order valence-electron chi connectivity index (χ3n) is 15.2. The van der Waals surface area contributed by atoms with Gasteiger partial charge in [-0.25, -0.2) is 0 Å². The van der Waals surface area contributed by atoms with Crippen molar-refractivity contribution in [3.05, 3.63) is 11.6 Å². The molecule has 4 saturated carbocycles. The zero-order valence-corrected chi connectivity index (χ0v) is 27.5. The maximum Gasteiger partial charge on any atom is 0.310 e. The second kappa shape index (κ2) is 9.86. The summed E-state index contributed by atoms with van der Waals surface area (Å²) in [5.41, 5.74) is 0.636. The molecule has 0 aromatic carbocycles. The number of carboxylic acids is 1. The largest absolute Gasteiger partial charge is 0.481 e. The van der Waals surface area contributed by atoms with E-state index < -0.39 is 35.8 Å². The predicted octanol–water partition coefficient (Wildman–Crippen LogP) is 5.54. The molecule has 7 nitrogen and oxygen atoms in total. The highest BCUT2D eigenvalue weighted by Crippen LogP contribution is 2.76. The van der Waals surface area contributed by atoms with E-state index in [0.717, 1.165) is 57.8 Å². The van der Waals surface area contributed by atoms with Gasteiger partial charge in [0.15, 0.2) is 5.78 Å². The number of allylic oxidation sites excluding steroid dienone is 2. The van der Waals surface area contributed by atoms with Crippen LogP contribution < -0.4 is 0 Å². The fourth-order valence-electron chi connectivity index (χ4n) is 12.4. The van der Waals surface area contributed by atoms with Crippen molar-refractivity contribution in [2.75, 3.05) is 6.61 Å². The van der Waals surface area contributed by atoms with E-state index in [1.807, 2.05) is 0 Å². The number of aliphatic hydroxyl groups excluding tert-OH is 3. The number of fused-ring (bicyclic) bond motifs is 7. The Morgan fingerprint density at radius 3 is 2.19 bits per heavy atom. The molecule has 0 aromatic rings. The Kier molecular flexibility index (Phi) is 7.27. The van der Waals surface area contributed by atoms with Gasteiger partial charge in [-0.1, -0.05) is 60.1 Å². The molecule has 1 aliphatic heterocycles. The van der Waals surface area contributed by atoms with E-state index >= 15 is 0 Å². The van der Waals surface area contributed by atoms with Gasteiger partial charge in [0.25, 0.3) is 0 Å². The van der Waals surface area contributed by atoms with Crippen molar-refractivity contribution in [3.63, 3.8) is 0 Å². The Bertz CT molecular complexity index is 1210. The number of aliphatic carboxylic acids is 1. The van der Waals surface area contributed by atoms with E-state index in [1.165, 1.54) is 5.57 Å². The van der Waals surface area contributed by atoms with Crippen LogP contribution in [-0.2, 0) is 14.3 Å². The first-order valence-electron chi connectivity index (χ1n) is 17.0. The van der Waals surface area contributed by atoms with Gasteiger partial charge in [0.2, 0.25) is 0 Å². The number of aliphatic hydroxyl groups is 3. The molecular formula is C36H56O7. The molecule has 1 saturated heterocycles. The van der Waals surface area contributed by atoms with Crippen LogP contribution in [0.15, 0.2) is 11.6 Å². The third kappa shape index (κ3) is 4.19. The van der Waals surface area contributed by atoms with Crippen LogP contribution in [0.1, 0.15) is 113 Å². The van der Waals surface area contributed by atoms with Crippen molar-refractivity contribution in [1.82, 2.24) is 0 Å². The van der Waals surface area contributed by atoms with Crippen LogP contribution in [0, 0.1) is 56.2 Å². The van der Waals surface area contributed by atoms with Gasteiger partial charge in [0.1, 0.15) is 24.4 Å². The first-order chi connectivity index (χ1) is 19.9. The molecule has 12 atom stereocenters. The minimum Gasteiger partial charge on any atom is -0.481 e. The summed E-state index contributed by atoms with van der Waals surface area (Å²) in [6, 6.07) is 0. The number of ether oxygens (including phenoxy) is 1. The maximum absolute atomic E-state index is 13.9. The standard InChI is InChI=1S/C36H56O7/c1-31(2)14-16-36(30(41)42)17-15-34(6)20(22(36)18-31)8-9-25-33(5)12-10-21(32(3,4)24(33)11-13-35(25,34)7)26(38)29-28(40)27(39)23(37)19-43-29/h8,21-25,27-29,37,39-40H,9-19H2,1-7H3,(H,41,42)/t21-,22?,23+,24?,25?,27?,28-,29-,33-,34+,35+,36-/m0/s1. The van der Waals surface area contributed by atoms with Crippen molar-refractivity contribution in [3.8, 4) is 0 Å². The fourth-order valence-corrected chi connectivity index (χ4v) is 12.4. The van der Waals surface area contributed by atoms with Gasteiger partial charge in [-0.05, 0) is 109 Å². The lowest BCUT2D eigenvalue weighted by Gasteiger charge is -2.71. The lowest BCUT2D eigenvalue weighted by Crippen LogP contribution is -2.65. The molecule has 242 valence electrons. The summed E-state index contributed by atoms with van der Waals surface area (Å²) in [7, 11) is 0. The van der Waals surface area contributed by atoms with Crippen molar-refractivity contribution in [1.29, 1.82) is 0 Å². The number of hydrogen-bond donors (Lipinski definition) is 4. The number of hydrogen-bond acceptors (Lipinski definition) is 6. The second-order valence-electron chi connectivity index (χ2n) is 17.8. The summed E-state index contributed by atoms with van der Waals surface area (Å²) in [6.45, 7) is 16.3. The average Bonchev–Trinajstić information content (AvgIpc) is 2.91. The molecule has 0 radical (unpaired) electrons. The maximum atomic E-state index is 13.9. The minimum atomic E-state index is -1.43. The number of Topliss-reactive ketones (excluding diaryl/α,β-unsaturated/α-hetero) is 1. The molecule has 1 heterocycles. The van der Waals surface area contributed by atoms with E-state index in [4.69, 9.17) is 4.74 Å². The quantitative estimate of drug-likeness (QED) is 0.314. The van der Waals surface area contributed by atoms with Gasteiger partial charge in [0, 0.05) is 5.92 Å². The Labute approximate surface area is 257 Å². The van der Waals surface area contributed by atoms with Crippen LogP contribution in [0.5, 0.6) is 0 Å². The Morgan fingerprint density at radius 1 is 0.837 bits per heavy atom. The van der Waals surface area contributed by atoms with E-state index in [1.54, 1.807) is 0 Å². The van der Waals surface area contributed by atoms with Crippen molar-refractivity contribution >= 4 is 11.8 Å². The summed E-state index contributed by atoms with van der Waals surface area (Å²) in [4.78, 5) is 26.9. The molecule has 4 N–H and O–H groups in total. The highest BCUT2D eigenvalue weighted by Gasteiger charge is 2.69. The van der Waals surface area contributed by atoms with Crippen LogP contribution in [-0.4, -0.2) is 63.2 Å². The van der Waals surface area contributed by atoms with Crippen molar-refractivity contribution in [2.45, 2.75) is 137 Å². The van der Waals surface area contributed by atoms with Crippen LogP contribution in [0.3, 0.4) is 0 Å². The number of carbonyl (C=O) groups is 2. The van der Waals surface area contributed by atoms with E-state index in [2.05, 4.69) is 54.5 Å². The summed E-state index contributed by atoms with van der Waals surface area (Å²) in [6.07, 6.45) is 6.40. The lowest BCUT2D eigenvalue weighted by atomic mass is 9.33. The van der Waals surface area contributed by atoms with E-state index in [-0.39, 0.29) is 51.3 Å². The Balaban J connectivity index is 1.32. The second-order valence-corrected chi connectivity index (χ2v) is 17.8. The van der Waals surface area contributed by atoms with Gasteiger partial charge in [0.05, 0.1) is 12.0 Å². The van der Waals surface area contributed by atoms with Gasteiger partial charge < -0.3 is 25.2 Å². The smallest absolute Gasteiger partial charge is 0.310 e. The van der Waals surface area contributed by atoms with Crippen LogP contribution >= 0.6 is 0 Å². The minimum absolute atomic E-state index is 0.0211. The van der Waals surface area contributed by atoms with Gasteiger partial charge >= 0.3 is 5.97 Å². The first kappa shape index (κ1) is 31.7. The molecule has 4 unspecified atom stereocenters. The molecule has 5 fully saturated rings. The topological polar surface area (TPSA) is 124 Å². The van der Waals surface area contributed by atoms with Crippen LogP contribution in [0.25, 0.3) is 0 Å². The van der Waals surface area contributed by atoms with Gasteiger partial charge in [-0.2, -0.15) is 0 Å². The Morgan fingerprint density at radius 2 is 1.51 bits per heavy atom. The highest BCUT2D eigenvalue weighted by atomic mass is 16.5. The molecule has 6 aliphatic rings. The molecular weight excluding hydrogens is 544 g/mol. The highest BCUT2D eigenvalue weighted by molar-refractivity contribution is 5.87. The normalized spacial score (nSPS) is 52.0. The zero-order valence-electron chi connectivity index (χ0n) is 27.5. The number of carbonyl (C=O) groups excluding carboxylic acids is 1. The molecule has 0 amide bonds. The molecule has 5 aliphatic carbocycles. The number of rotatable bonds is 3. The third-order valence-corrected chi connectivity index (χ3v) is 15.2. The summed E-state index contributed by atoms with van der Waals surface area (Å²) >= 11 is 0. The molecule has 43 heavy (non-hydrogen) atoms. The Hall–Kier alpha value is -1.28. The molecule has 0 spiro atoms. The average molecular weight is 601 g/mol. The molecule has 7 heteroatoms. The number of carboxylic acid groups (broad SMARTS) is 1. The molecule has 6 rings (SSSR count). The number of ketones is 1. The first-order valence-corrected chi connectivity index (χ1v) is 17.0. The van der Waals surface area contributed by atoms with Crippen LogP contribution in [0.4, 0.5) is 0 Å². The summed E-state index contributed by atoms with van der Waals surface area (Å²) < 4.78 is 5.64. The molecule has 0 aromatic heterocycles. The van der Waals surface area contributed by atoms with Crippen LogP contribution in [0.2, 0.25) is 0 Å². The van der Waals surface area contributed by atoms with E-state index in [9.17, 15) is 30.0 Å². The van der Waals surface area contributed by atoms with Crippen molar-refractivity contribution in [2.24, 2.45) is 56.2 Å². The van der Waals surface area contributed by atoms with Gasteiger partial charge in [-0.15, -0.1) is 0 Å². The van der Waals surface area contributed by atoms with Crippen molar-refractivity contribution < 1.29 is 34.8 Å². The summed E-state index contributed by atoms with van der Waals surface area (Å²) in [5.74, 6) is -0.197. The molecule has 0 bridgehead atoms. The fraction of sp³-hybridized carbons (Fsp3) is 0.889. The SMILES string of the molecule is CC1(C)CC[C@]2(C(=O)O)CC[C@]3(C)C(=CCC4[C@@]5(C)CC[C@@H](C(=O)[C@@H]6OC[C@@H](O)C(O)[C@@H]6O)C(C)(C)C5CC[C@]43C)C2C1. The summed E-state index contributed by atoms with van der Waals surface area (Å²) in [5, 5.41) is 41.5. The monoisotopic (exact) mass is 600 g/mol. The van der Waals surface area contributed by atoms with E-state index in [0.29, 0.717) is 18.3 Å². The predicted molar refractivity (Wildman–Crippen MR) is 163 cm³/mol. The lowest BCUT2D eigenvalue weighted by molar-refractivity contribution is -0.210. The zero-order chi connectivity index (χ0) is 31.5. The van der Waals surface area contributed by atoms with Gasteiger partial charge in [-0.3, -0.25) is 9.59 Å².